The van der Waals surface area contributed by atoms with E-state index >= 15 is 0 Å². The standard InChI is InChI=1S/C29H50O3/c1-5-6-7-8-9-10-11-22-12-13-25-24-15-19-29(31)20-23(32-21(2)30)14-18-28(29,4)26(24)16-17-27(22,25)3/h22-26,31H,5-20H2,1-4H3/t22-,23-,24-,25-,26-,27+,28+,29-/m0/s1. The summed E-state index contributed by atoms with van der Waals surface area (Å²) in [7, 11) is 0. The second-order valence-electron chi connectivity index (χ2n) is 12.7. The topological polar surface area (TPSA) is 46.5 Å². The molecule has 0 amide bonds. The Hall–Kier alpha value is -0.570. The molecule has 0 unspecified atom stereocenters. The van der Waals surface area contributed by atoms with Gasteiger partial charge in [0.15, 0.2) is 0 Å². The van der Waals surface area contributed by atoms with Crippen molar-refractivity contribution in [1.82, 2.24) is 0 Å². The molecular weight excluding hydrogens is 396 g/mol. The van der Waals surface area contributed by atoms with Gasteiger partial charge in [-0.3, -0.25) is 4.79 Å². The lowest BCUT2D eigenvalue weighted by molar-refractivity contribution is -0.223. The van der Waals surface area contributed by atoms with Gasteiger partial charge in [-0.15, -0.1) is 0 Å². The summed E-state index contributed by atoms with van der Waals surface area (Å²) in [6.45, 7) is 8.83. The zero-order valence-electron chi connectivity index (χ0n) is 21.5. The molecule has 4 fully saturated rings. The average Bonchev–Trinajstić information content (AvgIpc) is 3.07. The van der Waals surface area contributed by atoms with Crippen LogP contribution >= 0.6 is 0 Å². The monoisotopic (exact) mass is 446 g/mol. The van der Waals surface area contributed by atoms with Gasteiger partial charge in [-0.1, -0.05) is 59.3 Å². The summed E-state index contributed by atoms with van der Waals surface area (Å²) in [6, 6.07) is 0. The predicted molar refractivity (Wildman–Crippen MR) is 130 cm³/mol. The molecule has 3 heteroatoms. The first-order valence-electron chi connectivity index (χ1n) is 14.1. The van der Waals surface area contributed by atoms with E-state index in [9.17, 15) is 9.90 Å². The maximum atomic E-state index is 11.8. The molecule has 4 aliphatic rings. The van der Waals surface area contributed by atoms with Crippen LogP contribution in [0, 0.1) is 34.5 Å². The van der Waals surface area contributed by atoms with Crippen LogP contribution in [0.25, 0.3) is 0 Å². The summed E-state index contributed by atoms with van der Waals surface area (Å²) in [5.41, 5.74) is -0.132. The fourth-order valence-electron chi connectivity index (χ4n) is 9.30. The number of carbonyl (C=O) groups excluding carboxylic acids is 1. The third-order valence-corrected chi connectivity index (χ3v) is 11.2. The maximum absolute atomic E-state index is 11.8. The molecule has 1 N–H and O–H groups in total. The molecule has 4 aliphatic carbocycles. The SMILES string of the molecule is CCCCCCCC[C@H]1CC[C@H]2[C@@H]3CC[C@]4(O)C[C@@H](OC(C)=O)CC[C@]4(C)[C@H]3CC[C@]12C. The van der Waals surface area contributed by atoms with Gasteiger partial charge < -0.3 is 9.84 Å². The molecule has 4 rings (SSSR count). The van der Waals surface area contributed by atoms with Crippen LogP contribution in [0.3, 0.4) is 0 Å². The van der Waals surface area contributed by atoms with Crippen LogP contribution in [0.4, 0.5) is 0 Å². The lowest BCUT2D eigenvalue weighted by Crippen LogP contribution is -2.63. The molecule has 8 atom stereocenters. The smallest absolute Gasteiger partial charge is 0.302 e. The number of aliphatic hydroxyl groups is 1. The van der Waals surface area contributed by atoms with Crippen molar-refractivity contribution >= 4 is 5.97 Å². The number of hydrogen-bond donors (Lipinski definition) is 1. The van der Waals surface area contributed by atoms with Gasteiger partial charge in [-0.05, 0) is 92.3 Å². The third kappa shape index (κ3) is 4.29. The van der Waals surface area contributed by atoms with Gasteiger partial charge in [0.2, 0.25) is 0 Å². The zero-order valence-corrected chi connectivity index (χ0v) is 21.5. The Balaban J connectivity index is 1.39. The lowest BCUT2D eigenvalue weighted by atomic mass is 9.43. The number of rotatable bonds is 8. The van der Waals surface area contributed by atoms with E-state index in [1.165, 1.54) is 84.0 Å². The van der Waals surface area contributed by atoms with Gasteiger partial charge in [-0.25, -0.2) is 0 Å². The Labute approximate surface area is 197 Å². The van der Waals surface area contributed by atoms with E-state index in [2.05, 4.69) is 20.8 Å². The highest BCUT2D eigenvalue weighted by Gasteiger charge is 2.64. The Morgan fingerprint density at radius 1 is 0.906 bits per heavy atom. The molecule has 0 spiro atoms. The van der Waals surface area contributed by atoms with Crippen molar-refractivity contribution < 1.29 is 14.6 Å². The summed E-state index contributed by atoms with van der Waals surface area (Å²) in [5, 5.41) is 11.8. The van der Waals surface area contributed by atoms with Gasteiger partial charge in [0.1, 0.15) is 6.10 Å². The molecule has 0 aromatic heterocycles. The van der Waals surface area contributed by atoms with Crippen molar-refractivity contribution in [3.63, 3.8) is 0 Å². The van der Waals surface area contributed by atoms with Crippen molar-refractivity contribution in [2.45, 2.75) is 142 Å². The number of fused-ring (bicyclic) bond motifs is 5. The van der Waals surface area contributed by atoms with Crippen LogP contribution in [0.5, 0.6) is 0 Å². The molecule has 0 heterocycles. The molecular formula is C29H50O3. The van der Waals surface area contributed by atoms with E-state index in [1.54, 1.807) is 0 Å². The third-order valence-electron chi connectivity index (χ3n) is 11.2. The average molecular weight is 447 g/mol. The molecule has 4 saturated carbocycles. The normalized spacial score (nSPS) is 45.6. The summed E-state index contributed by atoms with van der Waals surface area (Å²) >= 11 is 0. The second-order valence-corrected chi connectivity index (χ2v) is 12.7. The Kier molecular flexibility index (Phi) is 7.36. The van der Waals surface area contributed by atoms with Crippen LogP contribution in [0.1, 0.15) is 130 Å². The molecule has 0 aromatic rings. The Bertz CT molecular complexity index is 661. The molecule has 0 radical (unpaired) electrons. The minimum atomic E-state index is -0.656. The molecule has 0 aliphatic heterocycles. The maximum Gasteiger partial charge on any atom is 0.302 e. The van der Waals surface area contributed by atoms with Crippen molar-refractivity contribution in [1.29, 1.82) is 0 Å². The van der Waals surface area contributed by atoms with Crippen molar-refractivity contribution in [2.75, 3.05) is 0 Å². The zero-order chi connectivity index (χ0) is 23.0. The Morgan fingerprint density at radius 3 is 2.41 bits per heavy atom. The van der Waals surface area contributed by atoms with E-state index < -0.39 is 5.60 Å². The first-order valence-corrected chi connectivity index (χ1v) is 14.1. The van der Waals surface area contributed by atoms with E-state index in [0.717, 1.165) is 37.0 Å². The first kappa shape index (κ1) is 24.6. The summed E-state index contributed by atoms with van der Waals surface area (Å²) in [4.78, 5) is 11.5. The summed E-state index contributed by atoms with van der Waals surface area (Å²) < 4.78 is 5.56. The molecule has 32 heavy (non-hydrogen) atoms. The van der Waals surface area contributed by atoms with E-state index in [-0.39, 0.29) is 17.5 Å². The highest BCUT2D eigenvalue weighted by Crippen LogP contribution is 2.68. The van der Waals surface area contributed by atoms with Crippen molar-refractivity contribution in [3.05, 3.63) is 0 Å². The van der Waals surface area contributed by atoms with Gasteiger partial charge >= 0.3 is 5.97 Å². The van der Waals surface area contributed by atoms with Gasteiger partial charge in [-0.2, -0.15) is 0 Å². The fourth-order valence-corrected chi connectivity index (χ4v) is 9.30. The molecule has 0 aromatic carbocycles. The van der Waals surface area contributed by atoms with Crippen LogP contribution in [-0.2, 0) is 9.53 Å². The quantitative estimate of drug-likeness (QED) is 0.311. The number of ether oxygens (including phenoxy) is 1. The van der Waals surface area contributed by atoms with Crippen molar-refractivity contribution in [2.24, 2.45) is 34.5 Å². The molecule has 184 valence electrons. The second kappa shape index (κ2) is 9.59. The number of esters is 1. The highest BCUT2D eigenvalue weighted by atomic mass is 16.5. The molecule has 0 bridgehead atoms. The molecule has 0 saturated heterocycles. The minimum Gasteiger partial charge on any atom is -0.462 e. The first-order chi connectivity index (χ1) is 15.2. The summed E-state index contributed by atoms with van der Waals surface area (Å²) in [6.07, 6.45) is 20.0. The van der Waals surface area contributed by atoms with Crippen LogP contribution in [0.2, 0.25) is 0 Å². The van der Waals surface area contributed by atoms with E-state index in [0.29, 0.717) is 17.8 Å². The number of carbonyl (C=O) groups is 1. The summed E-state index contributed by atoms with van der Waals surface area (Å²) in [5.74, 6) is 3.02. The van der Waals surface area contributed by atoms with Gasteiger partial charge in [0, 0.05) is 13.3 Å². The number of unbranched alkanes of at least 4 members (excludes halogenated alkanes) is 5. The van der Waals surface area contributed by atoms with Crippen LogP contribution in [0.15, 0.2) is 0 Å². The van der Waals surface area contributed by atoms with Gasteiger partial charge in [0.25, 0.3) is 0 Å². The largest absolute Gasteiger partial charge is 0.462 e. The van der Waals surface area contributed by atoms with E-state index in [4.69, 9.17) is 4.74 Å². The van der Waals surface area contributed by atoms with E-state index in [1.807, 2.05) is 0 Å². The predicted octanol–water partition coefficient (Wildman–Crippen LogP) is 7.44. The Morgan fingerprint density at radius 2 is 1.66 bits per heavy atom. The van der Waals surface area contributed by atoms with Crippen LogP contribution in [-0.4, -0.2) is 22.8 Å². The van der Waals surface area contributed by atoms with Crippen LogP contribution < -0.4 is 0 Å². The minimum absolute atomic E-state index is 0.00867. The lowest BCUT2D eigenvalue weighted by Gasteiger charge is -2.64. The number of hydrogen-bond acceptors (Lipinski definition) is 3. The van der Waals surface area contributed by atoms with Crippen molar-refractivity contribution in [3.8, 4) is 0 Å². The van der Waals surface area contributed by atoms with Gasteiger partial charge in [0.05, 0.1) is 5.60 Å². The fraction of sp³-hybridized carbons (Fsp3) is 0.966. The highest BCUT2D eigenvalue weighted by molar-refractivity contribution is 5.66. The molecule has 3 nitrogen and oxygen atoms in total.